The molecule has 1 amide bonds. The Kier molecular flexibility index (Phi) is 5.02. The smallest absolute Gasteiger partial charge is 0.352 e. The van der Waals surface area contributed by atoms with Gasteiger partial charge in [0.15, 0.2) is 0 Å². The summed E-state index contributed by atoms with van der Waals surface area (Å²) in [5, 5.41) is 19.1. The summed E-state index contributed by atoms with van der Waals surface area (Å²) in [5.74, 6) is -3.32. The summed E-state index contributed by atoms with van der Waals surface area (Å²) in [4.78, 5) is 24.5. The number of allylic oxidation sites excluding steroid dienone is 1. The summed E-state index contributed by atoms with van der Waals surface area (Å²) in [6.45, 7) is 3.87. The summed E-state index contributed by atoms with van der Waals surface area (Å²) in [5.41, 5.74) is 2.49. The van der Waals surface area contributed by atoms with Crippen molar-refractivity contribution in [2.75, 3.05) is 10.6 Å². The van der Waals surface area contributed by atoms with Crippen molar-refractivity contribution in [1.29, 1.82) is 0 Å². The summed E-state index contributed by atoms with van der Waals surface area (Å²) >= 11 is 0. The molecule has 0 bridgehead atoms. The van der Waals surface area contributed by atoms with E-state index < -0.39 is 29.6 Å². The van der Waals surface area contributed by atoms with Crippen LogP contribution in [0, 0.1) is 25.5 Å². The monoisotopic (exact) mass is 424 g/mol. The van der Waals surface area contributed by atoms with Crippen molar-refractivity contribution in [1.82, 2.24) is 9.78 Å². The van der Waals surface area contributed by atoms with Gasteiger partial charge in [0.1, 0.15) is 34.8 Å². The number of hydrogen-bond donors (Lipinski definition) is 3. The predicted molar refractivity (Wildman–Crippen MR) is 110 cm³/mol. The molecular weight excluding hydrogens is 406 g/mol. The van der Waals surface area contributed by atoms with Crippen LogP contribution in [-0.4, -0.2) is 26.8 Å². The van der Waals surface area contributed by atoms with Crippen LogP contribution in [-0.2, 0) is 4.79 Å². The predicted octanol–water partition coefficient (Wildman–Crippen LogP) is 4.01. The first-order valence-electron chi connectivity index (χ1n) is 9.38. The highest BCUT2D eigenvalue weighted by atomic mass is 19.1. The van der Waals surface area contributed by atoms with Gasteiger partial charge < -0.3 is 15.7 Å². The SMILES string of the molecule is Cc1ccc(NC(=O)c2cnn3c2NC(C(=O)O)=C[C@H]3c2ccc(F)cc2F)cc1C. The largest absolute Gasteiger partial charge is 0.477 e. The standard InChI is InChI=1S/C22H18F2N4O3/c1-11-3-5-14(7-12(11)2)26-21(29)16-10-25-28-19(9-18(22(30)31)27-20(16)28)15-6-4-13(23)8-17(15)24/h3-10,19,27H,1-2H3,(H,26,29)(H,30,31)/t19-/m0/s1. The highest BCUT2D eigenvalue weighted by molar-refractivity contribution is 6.08. The number of halogens is 2. The van der Waals surface area contributed by atoms with Gasteiger partial charge in [0.25, 0.3) is 5.91 Å². The molecule has 0 saturated heterocycles. The lowest BCUT2D eigenvalue weighted by Crippen LogP contribution is -2.26. The molecule has 9 heteroatoms. The van der Waals surface area contributed by atoms with Crippen molar-refractivity contribution in [3.05, 3.63) is 88.3 Å². The van der Waals surface area contributed by atoms with Crippen molar-refractivity contribution >= 4 is 23.4 Å². The van der Waals surface area contributed by atoms with Crippen LogP contribution in [0.3, 0.4) is 0 Å². The second-order valence-corrected chi connectivity index (χ2v) is 7.23. The summed E-state index contributed by atoms with van der Waals surface area (Å²) in [6.07, 6.45) is 2.52. The topological polar surface area (TPSA) is 96.3 Å². The number of hydrogen-bond acceptors (Lipinski definition) is 4. The number of carboxylic acids is 1. The molecule has 0 spiro atoms. The minimum atomic E-state index is -1.29. The van der Waals surface area contributed by atoms with Crippen molar-refractivity contribution in [3.63, 3.8) is 0 Å². The third kappa shape index (κ3) is 3.77. The molecule has 0 aliphatic carbocycles. The number of nitrogens with one attached hydrogen (secondary N) is 2. The molecule has 2 heterocycles. The van der Waals surface area contributed by atoms with Gasteiger partial charge in [0.05, 0.1) is 6.20 Å². The number of aliphatic carboxylic acids is 1. The molecule has 1 aliphatic rings. The number of carbonyl (C=O) groups is 2. The van der Waals surface area contributed by atoms with E-state index in [-0.39, 0.29) is 22.6 Å². The van der Waals surface area contributed by atoms with Gasteiger partial charge in [-0.25, -0.2) is 18.3 Å². The van der Waals surface area contributed by atoms with Crippen molar-refractivity contribution in [2.24, 2.45) is 0 Å². The molecule has 1 aromatic heterocycles. The van der Waals surface area contributed by atoms with Crippen LogP contribution in [0.25, 0.3) is 0 Å². The van der Waals surface area contributed by atoms with Gasteiger partial charge in [-0.2, -0.15) is 5.10 Å². The molecule has 31 heavy (non-hydrogen) atoms. The lowest BCUT2D eigenvalue weighted by molar-refractivity contribution is -0.132. The van der Waals surface area contributed by atoms with Gasteiger partial charge in [-0.15, -0.1) is 0 Å². The summed E-state index contributed by atoms with van der Waals surface area (Å²) < 4.78 is 29.1. The normalized spacial score (nSPS) is 15.0. The number of amides is 1. The molecule has 3 aromatic rings. The fourth-order valence-electron chi connectivity index (χ4n) is 3.37. The van der Waals surface area contributed by atoms with Crippen molar-refractivity contribution < 1.29 is 23.5 Å². The molecule has 0 unspecified atom stereocenters. The molecule has 4 rings (SSSR count). The molecule has 158 valence electrons. The minimum Gasteiger partial charge on any atom is -0.477 e. The van der Waals surface area contributed by atoms with Crippen LogP contribution in [0.5, 0.6) is 0 Å². The third-order valence-electron chi connectivity index (χ3n) is 5.16. The van der Waals surface area contributed by atoms with E-state index in [1.165, 1.54) is 23.0 Å². The highest BCUT2D eigenvalue weighted by Crippen LogP contribution is 2.33. The quantitative estimate of drug-likeness (QED) is 0.588. The Bertz CT molecular complexity index is 1250. The molecular formula is C22H18F2N4O3. The van der Waals surface area contributed by atoms with Crippen LogP contribution in [0.1, 0.15) is 33.1 Å². The zero-order valence-electron chi connectivity index (χ0n) is 16.6. The van der Waals surface area contributed by atoms with Gasteiger partial charge in [0, 0.05) is 17.3 Å². The van der Waals surface area contributed by atoms with Crippen LogP contribution < -0.4 is 10.6 Å². The Hall–Kier alpha value is -4.01. The Morgan fingerprint density at radius 2 is 1.90 bits per heavy atom. The number of carboxylic acid groups (broad SMARTS) is 1. The van der Waals surface area contributed by atoms with Crippen molar-refractivity contribution in [2.45, 2.75) is 19.9 Å². The minimum absolute atomic E-state index is 0.0205. The highest BCUT2D eigenvalue weighted by Gasteiger charge is 2.30. The summed E-state index contributed by atoms with van der Waals surface area (Å²) in [6, 6.07) is 7.46. The number of nitrogens with zero attached hydrogens (tertiary/aromatic N) is 2. The Morgan fingerprint density at radius 3 is 2.58 bits per heavy atom. The lowest BCUT2D eigenvalue weighted by Gasteiger charge is -2.24. The number of aromatic nitrogens is 2. The van der Waals surface area contributed by atoms with E-state index in [0.717, 1.165) is 17.2 Å². The fourth-order valence-corrected chi connectivity index (χ4v) is 3.37. The molecule has 0 fully saturated rings. The maximum atomic E-state index is 14.4. The van der Waals surface area contributed by atoms with Crippen LogP contribution in [0.4, 0.5) is 20.3 Å². The number of benzene rings is 2. The molecule has 2 aromatic carbocycles. The van der Waals surface area contributed by atoms with E-state index in [9.17, 15) is 23.5 Å². The second kappa shape index (κ2) is 7.67. The molecule has 0 saturated carbocycles. The van der Waals surface area contributed by atoms with E-state index >= 15 is 0 Å². The first-order valence-corrected chi connectivity index (χ1v) is 9.38. The van der Waals surface area contributed by atoms with Crippen LogP contribution >= 0.6 is 0 Å². The Balaban J connectivity index is 1.73. The number of carbonyl (C=O) groups excluding carboxylic acids is 1. The zero-order valence-corrected chi connectivity index (χ0v) is 16.6. The van der Waals surface area contributed by atoms with Crippen LogP contribution in [0.2, 0.25) is 0 Å². The van der Waals surface area contributed by atoms with Gasteiger partial charge in [-0.05, 0) is 49.2 Å². The van der Waals surface area contributed by atoms with Crippen LogP contribution in [0.15, 0.2) is 54.4 Å². The van der Waals surface area contributed by atoms with Gasteiger partial charge in [-0.3, -0.25) is 4.79 Å². The van der Waals surface area contributed by atoms with Crippen molar-refractivity contribution in [3.8, 4) is 0 Å². The first kappa shape index (κ1) is 20.3. The van der Waals surface area contributed by atoms with E-state index in [2.05, 4.69) is 15.7 Å². The second-order valence-electron chi connectivity index (χ2n) is 7.23. The Morgan fingerprint density at radius 1 is 1.13 bits per heavy atom. The molecule has 1 aliphatic heterocycles. The van der Waals surface area contributed by atoms with Gasteiger partial charge in [-0.1, -0.05) is 12.1 Å². The number of anilines is 2. The van der Waals surface area contributed by atoms with Gasteiger partial charge >= 0.3 is 5.97 Å². The molecule has 7 nitrogen and oxygen atoms in total. The van der Waals surface area contributed by atoms with E-state index in [1.54, 1.807) is 6.07 Å². The van der Waals surface area contributed by atoms with E-state index in [4.69, 9.17) is 0 Å². The first-order chi connectivity index (χ1) is 14.7. The molecule has 3 N–H and O–H groups in total. The lowest BCUT2D eigenvalue weighted by atomic mass is 10.0. The third-order valence-corrected chi connectivity index (χ3v) is 5.16. The van der Waals surface area contributed by atoms with Gasteiger partial charge in [0.2, 0.25) is 0 Å². The number of fused-ring (bicyclic) bond motifs is 1. The summed E-state index contributed by atoms with van der Waals surface area (Å²) in [7, 11) is 0. The zero-order chi connectivity index (χ0) is 22.3. The average Bonchev–Trinajstić information content (AvgIpc) is 3.14. The van der Waals surface area contributed by atoms with E-state index in [0.29, 0.717) is 11.8 Å². The number of rotatable bonds is 4. The fraction of sp³-hybridized carbons (Fsp3) is 0.136. The van der Waals surface area contributed by atoms with E-state index in [1.807, 2.05) is 26.0 Å². The molecule has 1 atom stereocenters. The average molecular weight is 424 g/mol. The molecule has 0 radical (unpaired) electrons. The maximum absolute atomic E-state index is 14.4. The Labute approximate surface area is 176 Å². The maximum Gasteiger partial charge on any atom is 0.352 e. The number of aryl methyl sites for hydroxylation is 2.